The first-order valence-electron chi connectivity index (χ1n) is 6.95. The predicted molar refractivity (Wildman–Crippen MR) is 80.6 cm³/mol. The molecule has 1 atom stereocenters. The number of likely N-dealkylation sites (N-methyl/N-ethyl adjacent to an activating group) is 1. The van der Waals surface area contributed by atoms with Gasteiger partial charge in [-0.1, -0.05) is 71.9 Å². The highest BCUT2D eigenvalue weighted by Crippen LogP contribution is 2.22. The molecular formula is C16H31N. The molecule has 0 aliphatic rings. The number of nitrogens with one attached hydrogen (secondary N) is 1. The number of benzene rings is 1. The average molecular weight is 237 g/mol. The van der Waals surface area contributed by atoms with Crippen LogP contribution < -0.4 is 5.32 Å². The largest absolute Gasteiger partial charge is 0.319 e. The molecule has 0 spiro atoms. The van der Waals surface area contributed by atoms with Crippen LogP contribution in [0.1, 0.15) is 53.0 Å². The van der Waals surface area contributed by atoms with Crippen LogP contribution in [0.5, 0.6) is 0 Å². The Morgan fingerprint density at radius 2 is 1.41 bits per heavy atom. The van der Waals surface area contributed by atoms with E-state index in [0.29, 0.717) is 11.8 Å². The van der Waals surface area contributed by atoms with Crippen LogP contribution in [0.25, 0.3) is 0 Å². The molecule has 1 aromatic rings. The van der Waals surface area contributed by atoms with Crippen LogP contribution in [0.2, 0.25) is 0 Å². The third-order valence-electron chi connectivity index (χ3n) is 2.46. The summed E-state index contributed by atoms with van der Waals surface area (Å²) in [6, 6.07) is 10.7. The molecule has 1 unspecified atom stereocenters. The smallest absolute Gasteiger partial charge is 0.00196 e. The Kier molecular flexibility index (Phi) is 14.4. The van der Waals surface area contributed by atoms with Crippen LogP contribution in [0, 0.1) is 5.92 Å². The molecule has 0 fully saturated rings. The first-order chi connectivity index (χ1) is 8.25. The molecular weight excluding hydrogens is 206 g/mol. The molecule has 0 aliphatic heterocycles. The van der Waals surface area contributed by atoms with Crippen LogP contribution in [0.15, 0.2) is 30.3 Å². The van der Waals surface area contributed by atoms with E-state index in [1.165, 1.54) is 5.56 Å². The van der Waals surface area contributed by atoms with Crippen LogP contribution in [-0.4, -0.2) is 13.6 Å². The molecule has 0 radical (unpaired) electrons. The third kappa shape index (κ3) is 7.98. The number of hydrogen-bond donors (Lipinski definition) is 1. The standard InChI is InChI=1S/C12H19N.2C2H6/c1-10(2)12(9-13-3)11-7-5-4-6-8-11;2*1-2/h4-8,10,12-13H,9H2,1-3H3;2*1-2H3. The van der Waals surface area contributed by atoms with Gasteiger partial charge in [0.15, 0.2) is 0 Å². The Hall–Kier alpha value is -0.820. The Bertz CT molecular complexity index is 229. The van der Waals surface area contributed by atoms with E-state index in [1.807, 2.05) is 34.7 Å². The van der Waals surface area contributed by atoms with Crippen molar-refractivity contribution in [3.8, 4) is 0 Å². The summed E-state index contributed by atoms with van der Waals surface area (Å²) in [5, 5.41) is 3.25. The normalized spacial score (nSPS) is 10.8. The maximum atomic E-state index is 3.25. The molecule has 0 bridgehead atoms. The summed E-state index contributed by atoms with van der Waals surface area (Å²) < 4.78 is 0. The minimum Gasteiger partial charge on any atom is -0.319 e. The average Bonchev–Trinajstić information content (AvgIpc) is 2.41. The zero-order chi connectivity index (χ0) is 13.7. The molecule has 1 nitrogen and oxygen atoms in total. The van der Waals surface area contributed by atoms with E-state index in [1.54, 1.807) is 0 Å². The van der Waals surface area contributed by atoms with Crippen molar-refractivity contribution in [2.45, 2.75) is 47.5 Å². The van der Waals surface area contributed by atoms with E-state index >= 15 is 0 Å². The molecule has 0 saturated carbocycles. The van der Waals surface area contributed by atoms with Crippen molar-refractivity contribution in [1.29, 1.82) is 0 Å². The van der Waals surface area contributed by atoms with Gasteiger partial charge in [-0.2, -0.15) is 0 Å². The summed E-state index contributed by atoms with van der Waals surface area (Å²) >= 11 is 0. The van der Waals surface area contributed by atoms with Gasteiger partial charge in [0.05, 0.1) is 0 Å². The van der Waals surface area contributed by atoms with Crippen LogP contribution in [0.3, 0.4) is 0 Å². The Labute approximate surface area is 109 Å². The second-order valence-electron chi connectivity index (χ2n) is 3.82. The fourth-order valence-electron chi connectivity index (χ4n) is 1.66. The van der Waals surface area contributed by atoms with Gasteiger partial charge >= 0.3 is 0 Å². The summed E-state index contributed by atoms with van der Waals surface area (Å²) in [5.74, 6) is 1.32. The van der Waals surface area contributed by atoms with Crippen LogP contribution >= 0.6 is 0 Å². The highest BCUT2D eigenvalue weighted by Gasteiger charge is 2.13. The molecule has 0 aliphatic carbocycles. The summed E-state index contributed by atoms with van der Waals surface area (Å²) in [5.41, 5.74) is 1.44. The molecule has 1 N–H and O–H groups in total. The highest BCUT2D eigenvalue weighted by molar-refractivity contribution is 5.20. The van der Waals surface area contributed by atoms with Gasteiger partial charge in [-0.3, -0.25) is 0 Å². The van der Waals surface area contributed by atoms with Crippen molar-refractivity contribution >= 4 is 0 Å². The van der Waals surface area contributed by atoms with Crippen molar-refractivity contribution in [3.63, 3.8) is 0 Å². The van der Waals surface area contributed by atoms with Gasteiger partial charge in [0, 0.05) is 6.54 Å². The van der Waals surface area contributed by atoms with E-state index in [4.69, 9.17) is 0 Å². The molecule has 100 valence electrons. The van der Waals surface area contributed by atoms with E-state index in [-0.39, 0.29) is 0 Å². The zero-order valence-electron chi connectivity index (χ0n) is 12.7. The topological polar surface area (TPSA) is 12.0 Å². The molecule has 0 heterocycles. The lowest BCUT2D eigenvalue weighted by atomic mass is 9.88. The summed E-state index contributed by atoms with van der Waals surface area (Å²) in [4.78, 5) is 0. The van der Waals surface area contributed by atoms with Gasteiger partial charge < -0.3 is 5.32 Å². The quantitative estimate of drug-likeness (QED) is 0.800. The molecule has 1 aromatic carbocycles. The van der Waals surface area contributed by atoms with Crippen molar-refractivity contribution in [3.05, 3.63) is 35.9 Å². The zero-order valence-corrected chi connectivity index (χ0v) is 12.7. The Morgan fingerprint density at radius 3 is 1.76 bits per heavy atom. The first kappa shape index (κ1) is 18.5. The Balaban J connectivity index is 0. The minimum absolute atomic E-state index is 0.631. The van der Waals surface area contributed by atoms with E-state index in [2.05, 4.69) is 49.5 Å². The monoisotopic (exact) mass is 237 g/mol. The van der Waals surface area contributed by atoms with Gasteiger partial charge in [0.25, 0.3) is 0 Å². The molecule has 1 rings (SSSR count). The van der Waals surface area contributed by atoms with Gasteiger partial charge in [-0.05, 0) is 24.4 Å². The molecule has 1 heteroatoms. The highest BCUT2D eigenvalue weighted by atomic mass is 14.8. The maximum Gasteiger partial charge on any atom is 0.00196 e. The third-order valence-corrected chi connectivity index (χ3v) is 2.46. The van der Waals surface area contributed by atoms with Crippen LogP contribution in [0.4, 0.5) is 0 Å². The van der Waals surface area contributed by atoms with Gasteiger partial charge in [0.2, 0.25) is 0 Å². The van der Waals surface area contributed by atoms with E-state index in [9.17, 15) is 0 Å². The lowest BCUT2D eigenvalue weighted by molar-refractivity contribution is 0.478. The molecule has 0 aromatic heterocycles. The first-order valence-corrected chi connectivity index (χ1v) is 6.95. The number of rotatable bonds is 4. The summed E-state index contributed by atoms with van der Waals surface area (Å²) in [7, 11) is 2.01. The van der Waals surface area contributed by atoms with Crippen molar-refractivity contribution in [2.24, 2.45) is 5.92 Å². The second-order valence-corrected chi connectivity index (χ2v) is 3.82. The molecule has 0 saturated heterocycles. The Morgan fingerprint density at radius 1 is 0.941 bits per heavy atom. The molecule has 17 heavy (non-hydrogen) atoms. The van der Waals surface area contributed by atoms with Crippen molar-refractivity contribution in [1.82, 2.24) is 5.32 Å². The van der Waals surface area contributed by atoms with Crippen LogP contribution in [-0.2, 0) is 0 Å². The predicted octanol–water partition coefficient (Wildman–Crippen LogP) is 4.70. The summed E-state index contributed by atoms with van der Waals surface area (Å²) in [6.07, 6.45) is 0. The lowest BCUT2D eigenvalue weighted by Crippen LogP contribution is -2.21. The summed E-state index contributed by atoms with van der Waals surface area (Å²) in [6.45, 7) is 13.6. The van der Waals surface area contributed by atoms with Gasteiger partial charge in [0.1, 0.15) is 0 Å². The fraction of sp³-hybridized carbons (Fsp3) is 0.625. The van der Waals surface area contributed by atoms with Gasteiger partial charge in [-0.15, -0.1) is 0 Å². The van der Waals surface area contributed by atoms with Crippen molar-refractivity contribution < 1.29 is 0 Å². The van der Waals surface area contributed by atoms with Gasteiger partial charge in [-0.25, -0.2) is 0 Å². The number of hydrogen-bond acceptors (Lipinski definition) is 1. The SMILES string of the molecule is CC.CC.CNCC(c1ccccc1)C(C)C. The minimum atomic E-state index is 0.631. The second kappa shape index (κ2) is 13.2. The maximum absolute atomic E-state index is 3.25. The van der Waals surface area contributed by atoms with E-state index in [0.717, 1.165) is 6.54 Å². The van der Waals surface area contributed by atoms with Crippen molar-refractivity contribution in [2.75, 3.05) is 13.6 Å². The lowest BCUT2D eigenvalue weighted by Gasteiger charge is -2.20. The molecule has 0 amide bonds. The van der Waals surface area contributed by atoms with E-state index < -0.39 is 0 Å². The fourth-order valence-corrected chi connectivity index (χ4v) is 1.66.